The van der Waals surface area contributed by atoms with Crippen molar-refractivity contribution in [3.05, 3.63) is 58.8 Å². The Morgan fingerprint density at radius 2 is 2.06 bits per heavy atom. The number of pyridine rings is 1. The lowest BCUT2D eigenvalue weighted by Gasteiger charge is -2.08. The van der Waals surface area contributed by atoms with Crippen molar-refractivity contribution in [3.63, 3.8) is 0 Å². The molecule has 0 saturated heterocycles. The van der Waals surface area contributed by atoms with Gasteiger partial charge in [0.2, 0.25) is 10.0 Å². The van der Waals surface area contributed by atoms with E-state index >= 15 is 0 Å². The van der Waals surface area contributed by atoms with Crippen LogP contribution < -0.4 is 10.0 Å². The first-order valence-electron chi connectivity index (χ1n) is 9.59. The molecule has 4 aromatic heterocycles. The third-order valence-corrected chi connectivity index (χ3v) is 7.98. The van der Waals surface area contributed by atoms with Gasteiger partial charge in [-0.2, -0.15) is 5.10 Å². The SMILES string of the molecule is O=C(NCc1cc(NS(=O)(=O)C2CC2)ccn1)c1ncc(-c2cncc3c(Cl)cnn23)s1. The number of anilines is 1. The van der Waals surface area contributed by atoms with E-state index in [9.17, 15) is 13.2 Å². The molecule has 164 valence electrons. The maximum atomic E-state index is 12.6. The van der Waals surface area contributed by atoms with Crippen LogP contribution in [0.5, 0.6) is 0 Å². The molecule has 13 heteroatoms. The Bertz CT molecular complexity index is 1430. The lowest BCUT2D eigenvalue weighted by Crippen LogP contribution is -2.23. The Labute approximate surface area is 191 Å². The van der Waals surface area contributed by atoms with Crippen LogP contribution in [0.3, 0.4) is 0 Å². The van der Waals surface area contributed by atoms with E-state index in [1.54, 1.807) is 35.2 Å². The van der Waals surface area contributed by atoms with Gasteiger partial charge in [-0.05, 0) is 25.0 Å². The summed E-state index contributed by atoms with van der Waals surface area (Å²) in [6.07, 6.45) is 9.20. The van der Waals surface area contributed by atoms with E-state index in [4.69, 9.17) is 11.6 Å². The number of rotatable bonds is 7. The molecule has 1 aliphatic rings. The standard InChI is InChI=1S/C19H16ClN7O3S2/c20-14-7-25-27-15(14)8-21-9-16(27)17-10-24-19(31-17)18(28)23-6-12-5-11(3-4-22-12)26-32(29,30)13-1-2-13/h3-5,7-10,13H,1-2,6H2,(H,22,26)(H,23,28). The number of amides is 1. The van der Waals surface area contributed by atoms with Crippen molar-refractivity contribution in [2.75, 3.05) is 4.72 Å². The van der Waals surface area contributed by atoms with E-state index in [1.165, 1.54) is 23.7 Å². The van der Waals surface area contributed by atoms with Gasteiger partial charge in [0.15, 0.2) is 5.01 Å². The Balaban J connectivity index is 1.27. The average molecular weight is 490 g/mol. The molecule has 0 aliphatic heterocycles. The first-order chi connectivity index (χ1) is 15.4. The summed E-state index contributed by atoms with van der Waals surface area (Å²) in [7, 11) is -3.36. The van der Waals surface area contributed by atoms with Crippen LogP contribution >= 0.6 is 22.9 Å². The van der Waals surface area contributed by atoms with E-state index in [0.717, 1.165) is 0 Å². The second-order valence-electron chi connectivity index (χ2n) is 7.18. The van der Waals surface area contributed by atoms with Crippen LogP contribution in [0.15, 0.2) is 43.1 Å². The molecule has 1 fully saturated rings. The summed E-state index contributed by atoms with van der Waals surface area (Å²) in [4.78, 5) is 25.9. The van der Waals surface area contributed by atoms with Crippen molar-refractivity contribution in [2.45, 2.75) is 24.6 Å². The molecule has 0 aromatic carbocycles. The van der Waals surface area contributed by atoms with Gasteiger partial charge in [0.25, 0.3) is 5.91 Å². The zero-order valence-corrected chi connectivity index (χ0v) is 18.8. The molecule has 10 nitrogen and oxygen atoms in total. The fourth-order valence-electron chi connectivity index (χ4n) is 3.06. The highest BCUT2D eigenvalue weighted by molar-refractivity contribution is 7.93. The molecular formula is C19H16ClN7O3S2. The van der Waals surface area contributed by atoms with Crippen LogP contribution in [-0.2, 0) is 16.6 Å². The molecule has 0 unspecified atom stereocenters. The molecule has 0 radical (unpaired) electrons. The van der Waals surface area contributed by atoms with E-state index in [0.29, 0.717) is 45.3 Å². The molecule has 0 spiro atoms. The third kappa shape index (κ3) is 4.16. The highest BCUT2D eigenvalue weighted by atomic mass is 35.5. The van der Waals surface area contributed by atoms with Crippen LogP contribution in [0.25, 0.3) is 16.1 Å². The maximum absolute atomic E-state index is 12.6. The number of fused-ring (bicyclic) bond motifs is 1. The minimum absolute atomic E-state index is 0.124. The van der Waals surface area contributed by atoms with Crippen molar-refractivity contribution in [1.29, 1.82) is 0 Å². The van der Waals surface area contributed by atoms with Crippen molar-refractivity contribution < 1.29 is 13.2 Å². The molecule has 0 bridgehead atoms. The lowest BCUT2D eigenvalue weighted by atomic mass is 10.3. The number of hydrogen-bond acceptors (Lipinski definition) is 8. The van der Waals surface area contributed by atoms with Crippen LogP contribution in [0.2, 0.25) is 5.02 Å². The van der Waals surface area contributed by atoms with Gasteiger partial charge in [0.1, 0.15) is 11.2 Å². The number of halogens is 1. The summed E-state index contributed by atoms with van der Waals surface area (Å²) >= 11 is 7.30. The van der Waals surface area contributed by atoms with Gasteiger partial charge in [-0.3, -0.25) is 19.5 Å². The highest BCUT2D eigenvalue weighted by Crippen LogP contribution is 2.30. The van der Waals surface area contributed by atoms with Crippen LogP contribution in [0.4, 0.5) is 5.69 Å². The second kappa shape index (κ2) is 8.11. The van der Waals surface area contributed by atoms with Gasteiger partial charge >= 0.3 is 0 Å². The van der Waals surface area contributed by atoms with Crippen molar-refractivity contribution in [1.82, 2.24) is 29.9 Å². The van der Waals surface area contributed by atoms with Gasteiger partial charge < -0.3 is 5.32 Å². The predicted octanol–water partition coefficient (Wildman–Crippen LogP) is 2.74. The number of carbonyl (C=O) groups excluding carboxylic acids is 1. The zero-order valence-electron chi connectivity index (χ0n) is 16.4. The first-order valence-corrected chi connectivity index (χ1v) is 12.3. The van der Waals surface area contributed by atoms with Crippen LogP contribution in [-0.4, -0.2) is 44.1 Å². The summed E-state index contributed by atoms with van der Waals surface area (Å²) < 4.78 is 28.4. The van der Waals surface area contributed by atoms with E-state index in [-0.39, 0.29) is 22.7 Å². The molecule has 32 heavy (non-hydrogen) atoms. The Hall–Kier alpha value is -3.09. The molecule has 1 amide bonds. The monoisotopic (exact) mass is 489 g/mol. The number of nitrogens with zero attached hydrogens (tertiary/aromatic N) is 5. The van der Waals surface area contributed by atoms with Crippen molar-refractivity contribution >= 4 is 50.1 Å². The number of carbonyl (C=O) groups is 1. The minimum Gasteiger partial charge on any atom is -0.344 e. The molecule has 1 saturated carbocycles. The summed E-state index contributed by atoms with van der Waals surface area (Å²) in [5.41, 5.74) is 2.27. The summed E-state index contributed by atoms with van der Waals surface area (Å²) in [6.45, 7) is 0.124. The fourth-order valence-corrected chi connectivity index (χ4v) is 5.43. The maximum Gasteiger partial charge on any atom is 0.280 e. The van der Waals surface area contributed by atoms with Crippen molar-refractivity contribution in [2.24, 2.45) is 0 Å². The number of hydrogen-bond donors (Lipinski definition) is 2. The van der Waals surface area contributed by atoms with Crippen LogP contribution in [0.1, 0.15) is 28.3 Å². The van der Waals surface area contributed by atoms with Crippen molar-refractivity contribution in [3.8, 4) is 10.6 Å². The Kier molecular flexibility index (Phi) is 5.27. The van der Waals surface area contributed by atoms with Crippen LogP contribution in [0, 0.1) is 0 Å². The summed E-state index contributed by atoms with van der Waals surface area (Å²) in [6, 6.07) is 3.18. The number of aromatic nitrogens is 5. The molecule has 2 N–H and O–H groups in total. The molecular weight excluding hydrogens is 474 g/mol. The van der Waals surface area contributed by atoms with Gasteiger partial charge in [-0.15, -0.1) is 11.3 Å². The molecule has 4 aromatic rings. The number of thiazole rings is 1. The summed E-state index contributed by atoms with van der Waals surface area (Å²) in [5.74, 6) is -0.370. The summed E-state index contributed by atoms with van der Waals surface area (Å²) in [5, 5.41) is 7.42. The molecule has 1 aliphatic carbocycles. The van der Waals surface area contributed by atoms with Gasteiger partial charge in [-0.1, -0.05) is 11.6 Å². The second-order valence-corrected chi connectivity index (χ2v) is 10.6. The predicted molar refractivity (Wildman–Crippen MR) is 120 cm³/mol. The Morgan fingerprint density at radius 3 is 2.88 bits per heavy atom. The van der Waals surface area contributed by atoms with Gasteiger partial charge in [0.05, 0.1) is 51.7 Å². The topological polar surface area (TPSA) is 131 Å². The number of nitrogens with one attached hydrogen (secondary N) is 2. The third-order valence-electron chi connectivity index (χ3n) is 4.80. The number of sulfonamides is 1. The van der Waals surface area contributed by atoms with Gasteiger partial charge in [0, 0.05) is 12.4 Å². The lowest BCUT2D eigenvalue weighted by molar-refractivity contribution is 0.0950. The van der Waals surface area contributed by atoms with Gasteiger partial charge in [-0.25, -0.2) is 17.9 Å². The largest absolute Gasteiger partial charge is 0.344 e. The van der Waals surface area contributed by atoms with E-state index < -0.39 is 10.0 Å². The fraction of sp³-hybridized carbons (Fsp3) is 0.211. The smallest absolute Gasteiger partial charge is 0.280 e. The first kappa shape index (κ1) is 20.8. The molecule has 5 rings (SSSR count). The quantitative estimate of drug-likeness (QED) is 0.408. The zero-order chi connectivity index (χ0) is 22.3. The average Bonchev–Trinajstić information content (AvgIpc) is 3.43. The Morgan fingerprint density at radius 1 is 1.22 bits per heavy atom. The minimum atomic E-state index is -3.36. The van der Waals surface area contributed by atoms with E-state index in [1.807, 2.05) is 0 Å². The molecule has 4 heterocycles. The van der Waals surface area contributed by atoms with E-state index in [2.05, 4.69) is 30.1 Å². The highest BCUT2D eigenvalue weighted by Gasteiger charge is 2.35. The normalized spacial score (nSPS) is 13.9. The molecule has 0 atom stereocenters.